The molecular formula is C20H24N2O2. The summed E-state index contributed by atoms with van der Waals surface area (Å²) in [5.41, 5.74) is 4.79. The van der Waals surface area contributed by atoms with Gasteiger partial charge >= 0.3 is 5.97 Å². The molecule has 0 bridgehead atoms. The smallest absolute Gasteiger partial charge is 0.306 e. The number of benzene rings is 1. The lowest BCUT2D eigenvalue weighted by atomic mass is 9.91. The van der Waals surface area contributed by atoms with Crippen LogP contribution >= 0.6 is 0 Å². The highest BCUT2D eigenvalue weighted by Gasteiger charge is 2.31. The topological polar surface area (TPSA) is 53.4 Å². The lowest BCUT2D eigenvalue weighted by molar-refractivity contribution is -0.143. The van der Waals surface area contributed by atoms with Gasteiger partial charge in [0, 0.05) is 6.20 Å². The van der Waals surface area contributed by atoms with Gasteiger partial charge in [0.15, 0.2) is 0 Å². The van der Waals surface area contributed by atoms with Crippen molar-refractivity contribution in [3.8, 4) is 0 Å². The first-order chi connectivity index (χ1) is 11.6. The molecule has 1 fully saturated rings. The number of aliphatic carboxylic acids is 1. The fourth-order valence-corrected chi connectivity index (χ4v) is 3.62. The van der Waals surface area contributed by atoms with Gasteiger partial charge in [-0.2, -0.15) is 0 Å². The van der Waals surface area contributed by atoms with E-state index in [1.54, 1.807) is 0 Å². The van der Waals surface area contributed by atoms with E-state index in [9.17, 15) is 9.90 Å². The van der Waals surface area contributed by atoms with Crippen LogP contribution in [0, 0.1) is 19.8 Å². The minimum Gasteiger partial charge on any atom is -0.481 e. The standard InChI is InChI=1S/C20H24N2O2/c1-14-6-7-17(15(2)13-14)19(18-5-3-4-10-21-18)22-11-8-16(9-12-22)20(23)24/h3-7,10,13,16,19H,8-9,11-12H2,1-2H3,(H,23,24). The molecule has 1 aliphatic heterocycles. The molecule has 4 nitrogen and oxygen atoms in total. The fourth-order valence-electron chi connectivity index (χ4n) is 3.62. The average molecular weight is 324 g/mol. The Hall–Kier alpha value is -2.20. The number of carboxylic acids is 1. The van der Waals surface area contributed by atoms with Crippen molar-refractivity contribution in [3.05, 3.63) is 65.0 Å². The molecule has 1 unspecified atom stereocenters. The molecule has 0 aliphatic carbocycles. The molecule has 1 saturated heterocycles. The van der Waals surface area contributed by atoms with Crippen molar-refractivity contribution in [2.45, 2.75) is 32.7 Å². The molecule has 1 aromatic carbocycles. The first-order valence-electron chi connectivity index (χ1n) is 8.51. The summed E-state index contributed by atoms with van der Waals surface area (Å²) < 4.78 is 0. The van der Waals surface area contributed by atoms with Crippen LogP contribution in [0.2, 0.25) is 0 Å². The second kappa shape index (κ2) is 7.14. The van der Waals surface area contributed by atoms with Gasteiger partial charge in [0.2, 0.25) is 0 Å². The summed E-state index contributed by atoms with van der Waals surface area (Å²) in [5.74, 6) is -0.889. The number of piperidine rings is 1. The molecule has 2 aromatic rings. The number of aryl methyl sites for hydroxylation is 2. The molecule has 1 N–H and O–H groups in total. The maximum Gasteiger partial charge on any atom is 0.306 e. The predicted molar refractivity (Wildman–Crippen MR) is 93.9 cm³/mol. The van der Waals surface area contributed by atoms with Gasteiger partial charge in [-0.1, -0.05) is 29.8 Å². The monoisotopic (exact) mass is 324 g/mol. The van der Waals surface area contributed by atoms with E-state index >= 15 is 0 Å². The van der Waals surface area contributed by atoms with Crippen molar-refractivity contribution in [2.75, 3.05) is 13.1 Å². The van der Waals surface area contributed by atoms with E-state index in [-0.39, 0.29) is 12.0 Å². The zero-order valence-electron chi connectivity index (χ0n) is 14.3. The Balaban J connectivity index is 1.93. The molecular weight excluding hydrogens is 300 g/mol. The molecule has 0 amide bonds. The van der Waals surface area contributed by atoms with Crippen LogP contribution in [-0.4, -0.2) is 34.0 Å². The van der Waals surface area contributed by atoms with Crippen LogP contribution in [0.1, 0.15) is 41.3 Å². The van der Waals surface area contributed by atoms with Gasteiger partial charge in [-0.3, -0.25) is 14.7 Å². The molecule has 1 atom stereocenters. The summed E-state index contributed by atoms with van der Waals surface area (Å²) >= 11 is 0. The number of likely N-dealkylation sites (tertiary alicyclic amines) is 1. The van der Waals surface area contributed by atoms with E-state index in [4.69, 9.17) is 0 Å². The quantitative estimate of drug-likeness (QED) is 0.934. The van der Waals surface area contributed by atoms with Gasteiger partial charge in [-0.25, -0.2) is 0 Å². The lowest BCUT2D eigenvalue weighted by Gasteiger charge is -2.37. The molecule has 2 heterocycles. The summed E-state index contributed by atoms with van der Waals surface area (Å²) in [6.07, 6.45) is 3.23. The number of nitrogens with zero attached hydrogens (tertiary/aromatic N) is 2. The summed E-state index contributed by atoms with van der Waals surface area (Å²) in [4.78, 5) is 18.2. The minimum atomic E-state index is -0.671. The third-order valence-corrected chi connectivity index (χ3v) is 4.93. The number of carbonyl (C=O) groups is 1. The van der Waals surface area contributed by atoms with E-state index in [1.165, 1.54) is 16.7 Å². The maximum atomic E-state index is 11.2. The summed E-state index contributed by atoms with van der Waals surface area (Å²) in [6.45, 7) is 5.81. The predicted octanol–water partition coefficient (Wildman–Crippen LogP) is 3.58. The zero-order chi connectivity index (χ0) is 17.1. The van der Waals surface area contributed by atoms with Crippen LogP contribution in [0.25, 0.3) is 0 Å². The Morgan fingerprint density at radius 3 is 2.54 bits per heavy atom. The Morgan fingerprint density at radius 1 is 1.21 bits per heavy atom. The van der Waals surface area contributed by atoms with Crippen molar-refractivity contribution in [2.24, 2.45) is 5.92 Å². The number of hydrogen-bond acceptors (Lipinski definition) is 3. The van der Waals surface area contributed by atoms with Crippen LogP contribution < -0.4 is 0 Å². The van der Waals surface area contributed by atoms with E-state index in [0.29, 0.717) is 12.8 Å². The number of pyridine rings is 1. The Bertz CT molecular complexity index is 707. The van der Waals surface area contributed by atoms with Crippen molar-refractivity contribution in [1.29, 1.82) is 0 Å². The van der Waals surface area contributed by atoms with Gasteiger partial charge in [-0.05, 0) is 63.0 Å². The summed E-state index contributed by atoms with van der Waals surface area (Å²) in [7, 11) is 0. The van der Waals surface area contributed by atoms with Gasteiger partial charge in [-0.15, -0.1) is 0 Å². The Morgan fingerprint density at radius 2 is 1.96 bits per heavy atom. The van der Waals surface area contributed by atoms with Crippen LogP contribution in [0.15, 0.2) is 42.6 Å². The van der Waals surface area contributed by atoms with Gasteiger partial charge < -0.3 is 5.11 Å². The van der Waals surface area contributed by atoms with E-state index < -0.39 is 5.97 Å². The van der Waals surface area contributed by atoms with Gasteiger partial charge in [0.25, 0.3) is 0 Å². The first-order valence-corrected chi connectivity index (χ1v) is 8.51. The second-order valence-corrected chi connectivity index (χ2v) is 6.67. The largest absolute Gasteiger partial charge is 0.481 e. The van der Waals surface area contributed by atoms with Gasteiger partial charge in [0.1, 0.15) is 0 Å². The molecule has 0 spiro atoms. The van der Waals surface area contributed by atoms with Crippen LogP contribution in [0.3, 0.4) is 0 Å². The van der Waals surface area contributed by atoms with Crippen LogP contribution in [-0.2, 0) is 4.79 Å². The third-order valence-electron chi connectivity index (χ3n) is 4.93. The Kier molecular flexibility index (Phi) is 4.95. The minimum absolute atomic E-state index is 0.0848. The SMILES string of the molecule is Cc1ccc(C(c2ccccn2)N2CCC(C(=O)O)CC2)c(C)c1. The van der Waals surface area contributed by atoms with Crippen molar-refractivity contribution in [3.63, 3.8) is 0 Å². The molecule has 24 heavy (non-hydrogen) atoms. The van der Waals surface area contributed by atoms with Crippen LogP contribution in [0.4, 0.5) is 0 Å². The number of rotatable bonds is 4. The van der Waals surface area contributed by atoms with E-state index in [1.807, 2.05) is 18.3 Å². The lowest BCUT2D eigenvalue weighted by Crippen LogP contribution is -2.39. The molecule has 126 valence electrons. The van der Waals surface area contributed by atoms with Crippen molar-refractivity contribution >= 4 is 5.97 Å². The fraction of sp³-hybridized carbons (Fsp3) is 0.400. The highest BCUT2D eigenvalue weighted by atomic mass is 16.4. The van der Waals surface area contributed by atoms with Crippen molar-refractivity contribution < 1.29 is 9.90 Å². The highest BCUT2D eigenvalue weighted by Crippen LogP contribution is 2.33. The van der Waals surface area contributed by atoms with E-state index in [2.05, 4.69) is 48.0 Å². The number of aromatic nitrogens is 1. The third kappa shape index (κ3) is 3.49. The first kappa shape index (κ1) is 16.7. The van der Waals surface area contributed by atoms with E-state index in [0.717, 1.165) is 18.8 Å². The molecule has 1 aromatic heterocycles. The molecule has 0 radical (unpaired) electrons. The number of hydrogen-bond donors (Lipinski definition) is 1. The molecule has 4 heteroatoms. The number of carboxylic acid groups (broad SMARTS) is 1. The highest BCUT2D eigenvalue weighted by molar-refractivity contribution is 5.70. The zero-order valence-corrected chi connectivity index (χ0v) is 14.3. The van der Waals surface area contributed by atoms with Crippen molar-refractivity contribution in [1.82, 2.24) is 9.88 Å². The van der Waals surface area contributed by atoms with Gasteiger partial charge in [0.05, 0.1) is 17.7 Å². The Labute approximate surface area is 143 Å². The molecule has 1 aliphatic rings. The van der Waals surface area contributed by atoms with Crippen LogP contribution in [0.5, 0.6) is 0 Å². The normalized spacial score (nSPS) is 17.6. The molecule has 0 saturated carbocycles. The summed E-state index contributed by atoms with van der Waals surface area (Å²) in [5, 5.41) is 9.24. The average Bonchev–Trinajstić information content (AvgIpc) is 2.58. The maximum absolute atomic E-state index is 11.2. The summed E-state index contributed by atoms with van der Waals surface area (Å²) in [6, 6.07) is 12.6. The second-order valence-electron chi connectivity index (χ2n) is 6.67. The molecule has 3 rings (SSSR count).